The predicted molar refractivity (Wildman–Crippen MR) is 64.5 cm³/mol. The van der Waals surface area contributed by atoms with E-state index in [4.69, 9.17) is 5.11 Å². The number of likely N-dealkylation sites (tertiary alicyclic amines) is 1. The van der Waals surface area contributed by atoms with E-state index in [1.54, 1.807) is 23.6 Å². The van der Waals surface area contributed by atoms with E-state index in [1.165, 1.54) is 0 Å². The van der Waals surface area contributed by atoms with Gasteiger partial charge in [-0.05, 0) is 19.6 Å². The van der Waals surface area contributed by atoms with Gasteiger partial charge in [0.05, 0.1) is 5.41 Å². The van der Waals surface area contributed by atoms with E-state index in [0.29, 0.717) is 31.2 Å². The van der Waals surface area contributed by atoms with Crippen molar-refractivity contribution >= 4 is 23.6 Å². The van der Waals surface area contributed by atoms with E-state index < -0.39 is 11.4 Å². The number of aliphatic carboxylic acids is 1. The van der Waals surface area contributed by atoms with Crippen molar-refractivity contribution in [2.75, 3.05) is 19.3 Å². The van der Waals surface area contributed by atoms with Crippen LogP contribution in [0.4, 0.5) is 0 Å². The Labute approximate surface area is 100 Å². The maximum atomic E-state index is 11.8. The number of carbonyl (C=O) groups excluding carboxylic acids is 1. The maximum absolute atomic E-state index is 11.8. The lowest BCUT2D eigenvalue weighted by Gasteiger charge is -2.21. The molecule has 0 aromatic heterocycles. The van der Waals surface area contributed by atoms with Crippen molar-refractivity contribution in [3.63, 3.8) is 0 Å². The highest BCUT2D eigenvalue weighted by Gasteiger charge is 2.41. The predicted octanol–water partition coefficient (Wildman–Crippen LogP) is 1.45. The Morgan fingerprint density at radius 3 is 2.62 bits per heavy atom. The summed E-state index contributed by atoms with van der Waals surface area (Å²) in [6.07, 6.45) is 3.03. The fraction of sp³-hybridized carbons (Fsp3) is 0.818. The molecule has 1 fully saturated rings. The Bertz CT molecular complexity index is 295. The minimum Gasteiger partial charge on any atom is -0.481 e. The fourth-order valence-corrected chi connectivity index (χ4v) is 2.12. The third kappa shape index (κ3) is 2.90. The van der Waals surface area contributed by atoms with Crippen LogP contribution in [0.15, 0.2) is 0 Å². The van der Waals surface area contributed by atoms with Crippen LogP contribution in [0.1, 0.15) is 26.7 Å². The summed E-state index contributed by atoms with van der Waals surface area (Å²) in [4.78, 5) is 24.6. The van der Waals surface area contributed by atoms with Crippen molar-refractivity contribution in [3.8, 4) is 0 Å². The maximum Gasteiger partial charge on any atom is 0.311 e. The van der Waals surface area contributed by atoms with Gasteiger partial charge in [0.15, 0.2) is 0 Å². The number of thioether (sulfide) groups is 1. The summed E-state index contributed by atoms with van der Waals surface area (Å²) in [5.41, 5.74) is -0.752. The van der Waals surface area contributed by atoms with Crippen molar-refractivity contribution in [1.29, 1.82) is 0 Å². The second-order valence-corrected chi connectivity index (χ2v) is 5.96. The zero-order chi connectivity index (χ0) is 12.3. The molecule has 1 amide bonds. The Morgan fingerprint density at radius 1 is 1.56 bits per heavy atom. The van der Waals surface area contributed by atoms with Crippen LogP contribution >= 0.6 is 11.8 Å². The van der Waals surface area contributed by atoms with Crippen molar-refractivity contribution in [2.24, 2.45) is 5.41 Å². The van der Waals surface area contributed by atoms with Gasteiger partial charge in [0.1, 0.15) is 0 Å². The molecule has 0 spiro atoms. The monoisotopic (exact) mass is 245 g/mol. The highest BCUT2D eigenvalue weighted by molar-refractivity contribution is 7.99. The Kier molecular flexibility index (Phi) is 4.24. The molecule has 1 N–H and O–H groups in total. The lowest BCUT2D eigenvalue weighted by molar-refractivity contribution is -0.147. The lowest BCUT2D eigenvalue weighted by Crippen LogP contribution is -2.35. The van der Waals surface area contributed by atoms with Crippen LogP contribution in [0.5, 0.6) is 0 Å². The van der Waals surface area contributed by atoms with Crippen LogP contribution in [-0.2, 0) is 9.59 Å². The van der Waals surface area contributed by atoms with Gasteiger partial charge in [0.25, 0.3) is 0 Å². The molecular formula is C11H19NO3S. The van der Waals surface area contributed by atoms with Gasteiger partial charge < -0.3 is 10.0 Å². The molecule has 2 unspecified atom stereocenters. The average Bonchev–Trinajstić information content (AvgIpc) is 2.62. The molecule has 1 saturated heterocycles. The summed E-state index contributed by atoms with van der Waals surface area (Å²) in [5, 5.41) is 9.35. The molecular weight excluding hydrogens is 226 g/mol. The summed E-state index contributed by atoms with van der Waals surface area (Å²) in [7, 11) is 0. The molecule has 1 rings (SSSR count). The summed E-state index contributed by atoms with van der Waals surface area (Å²) in [6, 6.07) is 0. The average molecular weight is 245 g/mol. The zero-order valence-corrected chi connectivity index (χ0v) is 10.8. The van der Waals surface area contributed by atoms with Crippen molar-refractivity contribution in [3.05, 3.63) is 0 Å². The molecule has 0 radical (unpaired) electrons. The Balaban J connectivity index is 2.53. The molecule has 0 aliphatic carbocycles. The molecule has 0 aromatic rings. The molecule has 2 atom stereocenters. The normalized spacial score (nSPS) is 26.8. The van der Waals surface area contributed by atoms with Gasteiger partial charge in [-0.25, -0.2) is 0 Å². The summed E-state index contributed by atoms with van der Waals surface area (Å²) < 4.78 is 0. The van der Waals surface area contributed by atoms with Crippen molar-refractivity contribution < 1.29 is 14.7 Å². The minimum atomic E-state index is -0.805. The van der Waals surface area contributed by atoms with Crippen LogP contribution < -0.4 is 0 Å². The highest BCUT2D eigenvalue weighted by Crippen LogP contribution is 2.30. The second kappa shape index (κ2) is 5.08. The first-order valence-electron chi connectivity index (χ1n) is 5.43. The largest absolute Gasteiger partial charge is 0.481 e. The molecule has 0 saturated carbocycles. The van der Waals surface area contributed by atoms with Gasteiger partial charge in [-0.15, -0.1) is 0 Å². The van der Waals surface area contributed by atoms with Gasteiger partial charge in [0.2, 0.25) is 5.91 Å². The topological polar surface area (TPSA) is 57.6 Å². The van der Waals surface area contributed by atoms with E-state index in [-0.39, 0.29) is 5.91 Å². The first-order valence-corrected chi connectivity index (χ1v) is 6.72. The van der Waals surface area contributed by atoms with Gasteiger partial charge >= 0.3 is 5.97 Å². The number of hydrogen-bond donors (Lipinski definition) is 1. The van der Waals surface area contributed by atoms with E-state index in [2.05, 4.69) is 0 Å². The molecule has 4 nitrogen and oxygen atoms in total. The number of carboxylic acid groups (broad SMARTS) is 1. The van der Waals surface area contributed by atoms with E-state index >= 15 is 0 Å². The second-order valence-electron chi connectivity index (χ2n) is 4.68. The van der Waals surface area contributed by atoms with Crippen LogP contribution in [-0.4, -0.2) is 46.5 Å². The quantitative estimate of drug-likeness (QED) is 0.814. The number of amides is 1. The van der Waals surface area contributed by atoms with Crippen LogP contribution in [0.3, 0.4) is 0 Å². The molecule has 0 bridgehead atoms. The van der Waals surface area contributed by atoms with Crippen LogP contribution in [0.25, 0.3) is 0 Å². The third-order valence-electron chi connectivity index (χ3n) is 3.21. The number of carbonyl (C=O) groups is 2. The van der Waals surface area contributed by atoms with Gasteiger partial charge in [-0.1, -0.05) is 6.92 Å². The summed E-state index contributed by atoms with van der Waals surface area (Å²) in [5.74, 6) is -0.729. The smallest absolute Gasteiger partial charge is 0.311 e. The third-order valence-corrected chi connectivity index (χ3v) is 4.18. The van der Waals surface area contributed by atoms with Crippen molar-refractivity contribution in [1.82, 2.24) is 4.90 Å². The first kappa shape index (κ1) is 13.4. The van der Waals surface area contributed by atoms with E-state index in [0.717, 1.165) is 0 Å². The molecule has 5 heteroatoms. The van der Waals surface area contributed by atoms with Crippen LogP contribution in [0, 0.1) is 5.41 Å². The molecule has 1 aliphatic rings. The lowest BCUT2D eigenvalue weighted by atomic mass is 9.90. The molecule has 1 aliphatic heterocycles. The molecule has 16 heavy (non-hydrogen) atoms. The molecule has 0 aromatic carbocycles. The number of nitrogens with zero attached hydrogens (tertiary/aromatic N) is 1. The number of hydrogen-bond acceptors (Lipinski definition) is 3. The molecule has 92 valence electrons. The molecule has 1 heterocycles. The number of carboxylic acids is 1. The Morgan fingerprint density at radius 2 is 2.19 bits per heavy atom. The van der Waals surface area contributed by atoms with E-state index in [9.17, 15) is 9.59 Å². The summed E-state index contributed by atoms with van der Waals surface area (Å²) >= 11 is 1.65. The number of rotatable bonds is 4. The SMILES string of the molecule is CSC(C)CC(=O)N1CCC(C)(C(=O)O)C1. The van der Waals surface area contributed by atoms with Crippen LogP contribution in [0.2, 0.25) is 0 Å². The van der Waals surface area contributed by atoms with Gasteiger partial charge in [0, 0.05) is 24.8 Å². The zero-order valence-electron chi connectivity index (χ0n) is 10.0. The fourth-order valence-electron chi connectivity index (χ4n) is 1.81. The first-order chi connectivity index (χ1) is 7.39. The van der Waals surface area contributed by atoms with Gasteiger partial charge in [-0.3, -0.25) is 9.59 Å². The highest BCUT2D eigenvalue weighted by atomic mass is 32.2. The van der Waals surface area contributed by atoms with E-state index in [1.807, 2.05) is 13.2 Å². The summed E-state index contributed by atoms with van der Waals surface area (Å²) in [6.45, 7) is 4.64. The Hall–Kier alpha value is -0.710. The minimum absolute atomic E-state index is 0.0758. The van der Waals surface area contributed by atoms with Gasteiger partial charge in [-0.2, -0.15) is 11.8 Å². The van der Waals surface area contributed by atoms with Crippen molar-refractivity contribution in [2.45, 2.75) is 31.9 Å². The standard InChI is InChI=1S/C11H19NO3S/c1-8(16-3)6-9(13)12-5-4-11(2,7-12)10(14)15/h8H,4-7H2,1-3H3,(H,14,15).